The van der Waals surface area contributed by atoms with Crippen molar-refractivity contribution in [2.24, 2.45) is 0 Å². The van der Waals surface area contributed by atoms with Crippen LogP contribution in [0.1, 0.15) is 29.0 Å². The molecule has 1 N–H and O–H groups in total. The van der Waals surface area contributed by atoms with Crippen LogP contribution in [-0.4, -0.2) is 47.6 Å². The Bertz CT molecular complexity index is 1140. The highest BCUT2D eigenvalue weighted by atomic mass is 35.5. The Kier molecular flexibility index (Phi) is 4.75. The van der Waals surface area contributed by atoms with Gasteiger partial charge in [0.25, 0.3) is 0 Å². The number of benzene rings is 2. The van der Waals surface area contributed by atoms with Crippen LogP contribution in [-0.2, 0) is 16.1 Å². The number of aliphatic hydroxyl groups is 1. The highest BCUT2D eigenvalue weighted by Gasteiger charge is 2.50. The molecule has 0 aromatic heterocycles. The lowest BCUT2D eigenvalue weighted by Gasteiger charge is -2.45. The molecule has 0 saturated carbocycles. The summed E-state index contributed by atoms with van der Waals surface area (Å²) in [7, 11) is 0. The predicted molar refractivity (Wildman–Crippen MR) is 119 cm³/mol. The van der Waals surface area contributed by atoms with Gasteiger partial charge in [0, 0.05) is 36.1 Å². The second-order valence-corrected chi connectivity index (χ2v) is 9.05. The van der Waals surface area contributed by atoms with Gasteiger partial charge in [-0.25, -0.2) is 4.79 Å². The average molecular weight is 452 g/mol. The van der Waals surface area contributed by atoms with E-state index in [1.807, 2.05) is 30.3 Å². The van der Waals surface area contributed by atoms with Crippen LogP contribution < -0.4 is 9.47 Å². The normalized spacial score (nSPS) is 27.8. The first-order valence-corrected chi connectivity index (χ1v) is 11.1. The minimum Gasteiger partial charge on any atom is -0.455 e. The van der Waals surface area contributed by atoms with Crippen molar-refractivity contribution in [2.45, 2.75) is 37.1 Å². The van der Waals surface area contributed by atoms with Crippen molar-refractivity contribution in [1.82, 2.24) is 4.90 Å². The second-order valence-electron chi connectivity index (χ2n) is 8.61. The molecule has 4 aliphatic rings. The van der Waals surface area contributed by atoms with E-state index in [0.29, 0.717) is 10.8 Å². The minimum absolute atomic E-state index is 0.115. The van der Waals surface area contributed by atoms with Gasteiger partial charge in [-0.05, 0) is 53.5 Å². The fraction of sp³-hybridized carbons (Fsp3) is 0.320. The number of ether oxygens (including phenoxy) is 3. The van der Waals surface area contributed by atoms with E-state index in [0.717, 1.165) is 42.0 Å². The number of aliphatic hydroxyl groups excluding tert-OH is 1. The van der Waals surface area contributed by atoms with Crippen LogP contribution in [0.25, 0.3) is 6.08 Å². The molecule has 7 heteroatoms. The van der Waals surface area contributed by atoms with Gasteiger partial charge in [0.15, 0.2) is 11.5 Å². The zero-order valence-corrected chi connectivity index (χ0v) is 18.0. The summed E-state index contributed by atoms with van der Waals surface area (Å²) in [6, 6.07) is 11.3. The molecule has 2 aromatic carbocycles. The van der Waals surface area contributed by atoms with E-state index in [-0.39, 0.29) is 18.8 Å². The van der Waals surface area contributed by atoms with Crippen molar-refractivity contribution >= 4 is 23.6 Å². The maximum Gasteiger partial charge on any atom is 0.331 e. The topological polar surface area (TPSA) is 68.2 Å². The molecule has 1 fully saturated rings. The molecule has 2 unspecified atom stereocenters. The quantitative estimate of drug-likeness (QED) is 0.436. The third kappa shape index (κ3) is 3.30. The van der Waals surface area contributed by atoms with Crippen molar-refractivity contribution in [3.05, 3.63) is 75.8 Å². The molecule has 164 valence electrons. The molecule has 3 aliphatic heterocycles. The van der Waals surface area contributed by atoms with Gasteiger partial charge in [0.05, 0.1) is 0 Å². The summed E-state index contributed by atoms with van der Waals surface area (Å²) in [5.74, 6) is 0.790. The van der Waals surface area contributed by atoms with Crippen molar-refractivity contribution in [2.75, 3.05) is 13.3 Å². The Balaban J connectivity index is 1.32. The number of carbonyl (C=O) groups is 1. The number of rotatable bonds is 3. The van der Waals surface area contributed by atoms with Gasteiger partial charge >= 0.3 is 5.97 Å². The largest absolute Gasteiger partial charge is 0.455 e. The molecular weight excluding hydrogens is 430 g/mol. The summed E-state index contributed by atoms with van der Waals surface area (Å²) < 4.78 is 17.1. The van der Waals surface area contributed by atoms with Crippen molar-refractivity contribution in [3.8, 4) is 11.5 Å². The van der Waals surface area contributed by atoms with Gasteiger partial charge in [-0.15, -0.1) is 0 Å². The number of fused-ring (bicyclic) bond motifs is 3. The Morgan fingerprint density at radius 2 is 1.97 bits per heavy atom. The molecule has 4 atom stereocenters. The van der Waals surface area contributed by atoms with Crippen LogP contribution in [0, 0.1) is 0 Å². The van der Waals surface area contributed by atoms with E-state index in [1.54, 1.807) is 18.2 Å². The van der Waals surface area contributed by atoms with E-state index >= 15 is 0 Å². The first-order valence-electron chi connectivity index (χ1n) is 10.8. The fourth-order valence-electron chi connectivity index (χ4n) is 5.38. The molecule has 0 spiro atoms. The Labute approximate surface area is 190 Å². The molecule has 0 bridgehead atoms. The predicted octanol–water partition coefficient (Wildman–Crippen LogP) is 3.67. The molecule has 0 radical (unpaired) electrons. The molecule has 32 heavy (non-hydrogen) atoms. The Morgan fingerprint density at radius 1 is 1.19 bits per heavy atom. The number of hydrogen-bond acceptors (Lipinski definition) is 6. The summed E-state index contributed by atoms with van der Waals surface area (Å²) in [4.78, 5) is 15.1. The standard InChI is InChI=1S/C25H22ClNO5/c26-17-4-1-14(2-5-17)3-6-22(29)32-25-19(28)9-15-7-8-27-12-16-10-20-21(31-13-30-20)11-18(16)23(25)24(15)27/h1-6,9-11,19,23-25,28H,7-8,12-13H2/b6-3+/t19-,23?,24?,25+/m0/s1. The lowest BCUT2D eigenvalue weighted by molar-refractivity contribution is -0.150. The van der Waals surface area contributed by atoms with Gasteiger partial charge in [0.1, 0.15) is 12.2 Å². The Hall–Kier alpha value is -2.80. The molecular formula is C25H22ClNO5. The molecule has 1 aliphatic carbocycles. The van der Waals surface area contributed by atoms with Gasteiger partial charge in [0.2, 0.25) is 6.79 Å². The smallest absolute Gasteiger partial charge is 0.331 e. The number of halogens is 1. The lowest BCUT2D eigenvalue weighted by Crippen LogP contribution is -2.51. The molecule has 6 rings (SSSR count). The second kappa shape index (κ2) is 7.66. The number of esters is 1. The number of nitrogens with zero attached hydrogens (tertiary/aromatic N) is 1. The average Bonchev–Trinajstić information content (AvgIpc) is 3.41. The summed E-state index contributed by atoms with van der Waals surface area (Å²) >= 11 is 5.92. The van der Waals surface area contributed by atoms with Gasteiger partial charge in [-0.3, -0.25) is 4.90 Å². The van der Waals surface area contributed by atoms with Crippen molar-refractivity contribution < 1.29 is 24.1 Å². The van der Waals surface area contributed by atoms with Crippen LogP contribution in [0.15, 0.2) is 54.1 Å². The zero-order chi connectivity index (χ0) is 21.8. The van der Waals surface area contributed by atoms with Crippen LogP contribution in [0.2, 0.25) is 5.02 Å². The van der Waals surface area contributed by atoms with Crippen LogP contribution in [0.5, 0.6) is 11.5 Å². The first kappa shape index (κ1) is 19.9. The summed E-state index contributed by atoms with van der Waals surface area (Å²) in [6.45, 7) is 1.93. The maximum atomic E-state index is 12.7. The van der Waals surface area contributed by atoms with Gasteiger partial charge in [-0.1, -0.05) is 35.4 Å². The van der Waals surface area contributed by atoms with Crippen molar-refractivity contribution in [1.29, 1.82) is 0 Å². The monoisotopic (exact) mass is 451 g/mol. The SMILES string of the molecule is O=C(/C=C/c1ccc(Cl)cc1)O[C@H]1C2c3cc4c(cc3CN3CCC(=C[C@@H]1O)C23)OCO4. The van der Waals surface area contributed by atoms with E-state index in [4.69, 9.17) is 25.8 Å². The first-order chi connectivity index (χ1) is 15.6. The third-order valence-electron chi connectivity index (χ3n) is 6.78. The third-order valence-corrected chi connectivity index (χ3v) is 7.03. The van der Waals surface area contributed by atoms with E-state index in [1.165, 1.54) is 11.6 Å². The highest BCUT2D eigenvalue weighted by Crippen LogP contribution is 2.50. The fourth-order valence-corrected chi connectivity index (χ4v) is 5.51. The van der Waals surface area contributed by atoms with E-state index in [2.05, 4.69) is 4.90 Å². The number of carbonyl (C=O) groups excluding carboxylic acids is 1. The zero-order valence-electron chi connectivity index (χ0n) is 17.2. The summed E-state index contributed by atoms with van der Waals surface area (Å²) in [5.41, 5.74) is 4.25. The number of hydrogen-bond donors (Lipinski definition) is 1. The van der Waals surface area contributed by atoms with E-state index in [9.17, 15) is 9.90 Å². The van der Waals surface area contributed by atoms with Gasteiger partial charge in [-0.2, -0.15) is 0 Å². The van der Waals surface area contributed by atoms with Crippen molar-refractivity contribution in [3.63, 3.8) is 0 Å². The minimum atomic E-state index is -0.865. The van der Waals surface area contributed by atoms with Crippen LogP contribution >= 0.6 is 11.6 Å². The van der Waals surface area contributed by atoms with Gasteiger partial charge < -0.3 is 19.3 Å². The summed E-state index contributed by atoms with van der Waals surface area (Å²) in [5, 5.41) is 11.6. The lowest BCUT2D eigenvalue weighted by atomic mass is 9.73. The van der Waals surface area contributed by atoms with Crippen LogP contribution in [0.4, 0.5) is 0 Å². The van der Waals surface area contributed by atoms with Crippen LogP contribution in [0.3, 0.4) is 0 Å². The molecule has 1 saturated heterocycles. The summed E-state index contributed by atoms with van der Waals surface area (Å²) in [6.07, 6.45) is 4.31. The molecule has 2 aromatic rings. The molecule has 6 nitrogen and oxygen atoms in total. The Morgan fingerprint density at radius 3 is 2.78 bits per heavy atom. The van der Waals surface area contributed by atoms with E-state index < -0.39 is 18.2 Å². The molecule has 0 amide bonds. The maximum absolute atomic E-state index is 12.7. The molecule has 3 heterocycles. The highest BCUT2D eigenvalue weighted by molar-refractivity contribution is 6.30.